The maximum absolute atomic E-state index is 12.3. The van der Waals surface area contributed by atoms with E-state index >= 15 is 0 Å². The molecule has 3 N–H and O–H groups in total. The maximum atomic E-state index is 12.3. The molecule has 7 aliphatic heterocycles. The number of carboxylic acid groups (broad SMARTS) is 1. The first kappa shape index (κ1) is 56.0. The fourth-order valence-corrected chi connectivity index (χ4v) is 14.2. The van der Waals surface area contributed by atoms with Crippen molar-refractivity contribution < 1.29 is 57.3 Å². The standard InChI is InChI=1S/C21H24N2O3.C21H20N2O3.C21H26N2O3.C2H4O2/c2*1-12-16-10-23-8-7-14-13-5-3-4-6-18(13)22-20(14)19(23)9-15(16)17(11-26-12)21(24)25-2;1-14-18-12-23(10-8-17(18)19(13-26-14)21(24)25-2)9-7-15-11-22-20-6-4-3-5-16(15)20;1-2(3)4/h3-6,11-12,15-16,19,22H,7-10H2,1-2H3;3-8,11-12,15-16H,9-10H2,1-2H3;3-6,11,13-14,17-18,22H,7-10,12H2,1-2H3;1H3,(H,3,4)/t;12?,15-,16+;;/m.1../s1. The van der Waals surface area contributed by atoms with Crippen molar-refractivity contribution in [3.05, 3.63) is 149 Å². The summed E-state index contributed by atoms with van der Waals surface area (Å²) in [5, 5.41) is 14.0. The predicted octanol–water partition coefficient (Wildman–Crippen LogP) is 7.93. The van der Waals surface area contributed by atoms with Crippen LogP contribution in [0.1, 0.15) is 69.1 Å². The molecule has 430 valence electrons. The number of pyridine rings is 1. The number of likely N-dealkylation sites (tertiary alicyclic amines) is 1. The average molecular weight is 1120 g/mol. The number of aromatic nitrogens is 4. The quantitative estimate of drug-likeness (QED) is 0.0824. The molecule has 0 amide bonds. The van der Waals surface area contributed by atoms with Crippen LogP contribution >= 0.6 is 0 Å². The Morgan fingerprint density at radius 2 is 1.22 bits per heavy atom. The number of aromatic amines is 3. The van der Waals surface area contributed by atoms with E-state index < -0.39 is 5.97 Å². The molecule has 17 heteroatoms. The zero-order chi connectivity index (χ0) is 57.3. The second kappa shape index (κ2) is 23.9. The van der Waals surface area contributed by atoms with E-state index in [9.17, 15) is 14.4 Å². The second-order valence-electron chi connectivity index (χ2n) is 22.9. The maximum Gasteiger partial charge on any atom is 0.337 e. The number of fused-ring (bicyclic) bond motifs is 14. The third-order valence-corrected chi connectivity index (χ3v) is 18.5. The highest BCUT2D eigenvalue weighted by Crippen LogP contribution is 2.48. The highest BCUT2D eigenvalue weighted by Gasteiger charge is 2.48. The lowest BCUT2D eigenvalue weighted by molar-refractivity contribution is -0.717. The molecular weight excluding hydrogens is 1040 g/mol. The molecule has 4 aromatic heterocycles. The first-order valence-corrected chi connectivity index (χ1v) is 28.8. The van der Waals surface area contributed by atoms with Crippen molar-refractivity contribution in [3.8, 4) is 0 Å². The number of H-pyrrole nitrogens is 3. The Morgan fingerprint density at radius 3 is 1.88 bits per heavy atom. The number of aliphatic carboxylic acids is 1. The highest BCUT2D eigenvalue weighted by atomic mass is 16.5. The number of benzene rings is 3. The Labute approximate surface area is 477 Å². The van der Waals surface area contributed by atoms with Gasteiger partial charge in [0, 0.05) is 124 Å². The van der Waals surface area contributed by atoms with E-state index in [4.69, 9.17) is 38.3 Å². The third kappa shape index (κ3) is 10.9. The Bertz CT molecular complexity index is 3620. The van der Waals surface area contributed by atoms with Crippen LogP contribution in [0.3, 0.4) is 0 Å². The Morgan fingerprint density at radius 1 is 0.659 bits per heavy atom. The Kier molecular flexibility index (Phi) is 16.3. The van der Waals surface area contributed by atoms with E-state index in [1.807, 2.05) is 6.07 Å². The molecule has 11 heterocycles. The van der Waals surface area contributed by atoms with E-state index in [1.165, 1.54) is 76.4 Å². The van der Waals surface area contributed by atoms with Gasteiger partial charge in [-0.1, -0.05) is 54.6 Å². The zero-order valence-electron chi connectivity index (χ0n) is 47.8. The fourth-order valence-electron chi connectivity index (χ4n) is 14.2. The first-order valence-electron chi connectivity index (χ1n) is 28.8. The molecule has 0 spiro atoms. The number of carbonyl (C=O) groups is 4. The Balaban J connectivity index is 0.000000125. The number of methoxy groups -OCH3 is 3. The number of piperidine rings is 2. The van der Waals surface area contributed by atoms with Crippen molar-refractivity contribution in [2.45, 2.75) is 90.7 Å². The predicted molar refractivity (Wildman–Crippen MR) is 307 cm³/mol. The minimum atomic E-state index is -1.08. The molecule has 3 aromatic carbocycles. The number of hydrogen-bond donors (Lipinski definition) is 3. The van der Waals surface area contributed by atoms with Gasteiger partial charge in [0.05, 0.1) is 81.0 Å². The number of hydrogen-bond acceptors (Lipinski definition) is 13. The number of carboxylic acids is 1. The van der Waals surface area contributed by atoms with Crippen molar-refractivity contribution in [1.82, 2.24) is 24.8 Å². The normalized spacial score (nSPS) is 26.1. The van der Waals surface area contributed by atoms with Gasteiger partial charge in [-0.2, -0.15) is 0 Å². The number of nitrogens with zero attached hydrogens (tertiary/aromatic N) is 3. The minimum absolute atomic E-state index is 0.0764. The fraction of sp³-hybridized carbons (Fsp3) is 0.431. The van der Waals surface area contributed by atoms with Gasteiger partial charge in [0.25, 0.3) is 0 Å². The summed E-state index contributed by atoms with van der Waals surface area (Å²) in [6.07, 6.45) is 14.3. The number of ether oxygens (including phenoxy) is 6. The second-order valence-corrected chi connectivity index (χ2v) is 22.9. The molecule has 82 heavy (non-hydrogen) atoms. The van der Waals surface area contributed by atoms with E-state index in [2.05, 4.69) is 135 Å². The van der Waals surface area contributed by atoms with Crippen molar-refractivity contribution >= 4 is 67.5 Å². The lowest BCUT2D eigenvalue weighted by atomic mass is 9.72. The molecule has 14 rings (SSSR count). The molecule has 7 aromatic rings. The molecule has 2 fully saturated rings. The summed E-state index contributed by atoms with van der Waals surface area (Å²) >= 11 is 0. The summed E-state index contributed by atoms with van der Waals surface area (Å²) in [5.41, 5.74) is 12.1. The Hall–Kier alpha value is -7.89. The molecule has 8 unspecified atom stereocenters. The molecule has 0 aliphatic carbocycles. The number of para-hydroxylation sites is 3. The highest BCUT2D eigenvalue weighted by molar-refractivity contribution is 6.07. The largest absolute Gasteiger partial charge is 0.550 e. The van der Waals surface area contributed by atoms with Crippen LogP contribution in [0.5, 0.6) is 0 Å². The SMILES string of the molecule is CC(=O)[O-].COC(=O)C1=COC(C)C2CN(CCc3c[nH]c4ccccc34)CCC12.COC(=O)C1=COC(C)C2CN3CCc4c([nH]c5ccccc45)C3CC12.COC(=O)C1=COC(C)[C@@H]2C[n+]3ccc4c([nH]c5ccccc54)c3C[C@@H]12. The topological polar surface area (TPSA) is 204 Å². The number of nitrogens with one attached hydrogen (secondary N) is 3. The van der Waals surface area contributed by atoms with Crippen LogP contribution in [0, 0.1) is 35.5 Å². The summed E-state index contributed by atoms with van der Waals surface area (Å²) in [4.78, 5) is 61.1. The summed E-state index contributed by atoms with van der Waals surface area (Å²) in [6.45, 7) is 13.1. The lowest BCUT2D eigenvalue weighted by Gasteiger charge is -2.49. The van der Waals surface area contributed by atoms with Crippen LogP contribution in [-0.4, -0.2) is 121 Å². The molecule has 0 radical (unpaired) electrons. The average Bonchev–Trinajstić information content (AvgIpc) is 4.36. The van der Waals surface area contributed by atoms with Gasteiger partial charge in [-0.15, -0.1) is 0 Å². The van der Waals surface area contributed by atoms with Gasteiger partial charge in [-0.05, 0) is 89.2 Å². The van der Waals surface area contributed by atoms with E-state index in [0.29, 0.717) is 34.6 Å². The number of esters is 3. The van der Waals surface area contributed by atoms with Gasteiger partial charge in [-0.3, -0.25) is 4.90 Å². The molecule has 10 atom stereocenters. The number of rotatable bonds is 6. The lowest BCUT2D eigenvalue weighted by Crippen LogP contribution is -2.53. The van der Waals surface area contributed by atoms with E-state index in [1.54, 1.807) is 18.8 Å². The van der Waals surface area contributed by atoms with Crippen LogP contribution in [0.4, 0.5) is 0 Å². The van der Waals surface area contributed by atoms with Crippen LogP contribution in [0.2, 0.25) is 0 Å². The third-order valence-electron chi connectivity index (χ3n) is 18.5. The van der Waals surface area contributed by atoms with Crippen LogP contribution in [0.25, 0.3) is 43.6 Å². The van der Waals surface area contributed by atoms with Crippen LogP contribution in [0.15, 0.2) is 127 Å². The molecule has 7 aliphatic rings. The minimum Gasteiger partial charge on any atom is -0.550 e. The zero-order valence-corrected chi connectivity index (χ0v) is 47.8. The molecule has 2 saturated heterocycles. The van der Waals surface area contributed by atoms with Gasteiger partial charge in [0.1, 0.15) is 11.6 Å². The van der Waals surface area contributed by atoms with Crippen molar-refractivity contribution in [2.75, 3.05) is 54.1 Å². The van der Waals surface area contributed by atoms with E-state index in [0.717, 1.165) is 89.3 Å². The van der Waals surface area contributed by atoms with Crippen molar-refractivity contribution in [1.29, 1.82) is 0 Å². The summed E-state index contributed by atoms with van der Waals surface area (Å²) < 4.78 is 34.5. The van der Waals surface area contributed by atoms with Crippen LogP contribution < -0.4 is 9.67 Å². The van der Waals surface area contributed by atoms with Gasteiger partial charge >= 0.3 is 17.9 Å². The monoisotopic (exact) mass is 1110 g/mol. The molecule has 17 nitrogen and oxygen atoms in total. The van der Waals surface area contributed by atoms with Crippen LogP contribution in [-0.2, 0) is 73.4 Å². The summed E-state index contributed by atoms with van der Waals surface area (Å²) in [5.74, 6) is -0.407. The molecular formula is C65H74N6O11. The first-order chi connectivity index (χ1) is 39.7. The van der Waals surface area contributed by atoms with Gasteiger partial charge in [0.15, 0.2) is 12.7 Å². The van der Waals surface area contributed by atoms with Crippen molar-refractivity contribution in [3.63, 3.8) is 0 Å². The van der Waals surface area contributed by atoms with Crippen molar-refractivity contribution in [2.24, 2.45) is 35.5 Å². The van der Waals surface area contributed by atoms with E-state index in [-0.39, 0.29) is 59.9 Å². The smallest absolute Gasteiger partial charge is 0.337 e. The van der Waals surface area contributed by atoms with Gasteiger partial charge in [-0.25, -0.2) is 19.0 Å². The number of carbonyl (C=O) groups excluding carboxylic acids is 4. The summed E-state index contributed by atoms with van der Waals surface area (Å²) in [6, 6.07) is 27.9. The van der Waals surface area contributed by atoms with Gasteiger partial charge < -0.3 is 58.2 Å². The van der Waals surface area contributed by atoms with Gasteiger partial charge in [0.2, 0.25) is 5.69 Å². The molecule has 0 saturated carbocycles. The molecule has 0 bridgehead atoms. The summed E-state index contributed by atoms with van der Waals surface area (Å²) in [7, 11) is 4.31.